The first-order valence-electron chi connectivity index (χ1n) is 11.1. The maximum atomic E-state index is 6.33. The van der Waals surface area contributed by atoms with Gasteiger partial charge in [-0.3, -0.25) is 0 Å². The second-order valence-corrected chi connectivity index (χ2v) is 9.43. The van der Waals surface area contributed by atoms with Crippen LogP contribution < -0.4 is 0 Å². The zero-order valence-electron chi connectivity index (χ0n) is 19.5. The van der Waals surface area contributed by atoms with Crippen LogP contribution in [0.2, 0.25) is 0 Å². The third-order valence-corrected chi connectivity index (χ3v) is 6.58. The van der Waals surface area contributed by atoms with Crippen LogP contribution in [0, 0.1) is 11.8 Å². The average molecular weight is 540 g/mol. The van der Waals surface area contributed by atoms with E-state index in [-0.39, 0.29) is 12.6 Å². The Labute approximate surface area is 197 Å². The van der Waals surface area contributed by atoms with Crippen LogP contribution in [0.1, 0.15) is 80.1 Å². The summed E-state index contributed by atoms with van der Waals surface area (Å²) in [6.07, 6.45) is 10.4. The van der Waals surface area contributed by atoms with Crippen molar-refractivity contribution >= 4 is 31.9 Å². The second kappa shape index (κ2) is 19.0. The number of hydrogen-bond donors (Lipinski definition) is 0. The monoisotopic (exact) mass is 538 g/mol. The van der Waals surface area contributed by atoms with E-state index in [2.05, 4.69) is 71.7 Å². The van der Waals surface area contributed by atoms with Crippen LogP contribution in [0.15, 0.2) is 23.3 Å². The molecular formula is C24H44Br2O3. The van der Waals surface area contributed by atoms with Gasteiger partial charge < -0.3 is 14.2 Å². The first-order valence-corrected chi connectivity index (χ1v) is 13.4. The van der Waals surface area contributed by atoms with E-state index in [1.165, 1.54) is 11.1 Å². The van der Waals surface area contributed by atoms with Gasteiger partial charge in [-0.1, -0.05) is 55.2 Å². The lowest BCUT2D eigenvalue weighted by Crippen LogP contribution is -2.31. The molecule has 172 valence electrons. The molecule has 0 aromatic rings. The molecule has 5 heteroatoms. The Morgan fingerprint density at radius 1 is 0.724 bits per heavy atom. The van der Waals surface area contributed by atoms with Crippen LogP contribution in [0.5, 0.6) is 0 Å². The smallest absolute Gasteiger partial charge is 0.161 e. The molecule has 0 aromatic heterocycles. The van der Waals surface area contributed by atoms with Gasteiger partial charge in [-0.25, -0.2) is 0 Å². The summed E-state index contributed by atoms with van der Waals surface area (Å²) in [5.74, 6) is 1.04. The van der Waals surface area contributed by atoms with Crippen molar-refractivity contribution < 1.29 is 14.2 Å². The first kappa shape index (κ1) is 29.3. The van der Waals surface area contributed by atoms with E-state index in [0.717, 1.165) is 49.2 Å². The lowest BCUT2D eigenvalue weighted by atomic mass is 9.99. The third kappa shape index (κ3) is 16.7. The number of allylic oxidation sites excluding steroid dienone is 4. The maximum Gasteiger partial charge on any atom is 0.161 e. The molecule has 29 heavy (non-hydrogen) atoms. The van der Waals surface area contributed by atoms with Gasteiger partial charge in [0.2, 0.25) is 0 Å². The average Bonchev–Trinajstić information content (AvgIpc) is 2.65. The highest BCUT2D eigenvalue weighted by molar-refractivity contribution is 9.09. The molecule has 0 saturated carbocycles. The van der Waals surface area contributed by atoms with Gasteiger partial charge in [-0.05, 0) is 79.1 Å². The van der Waals surface area contributed by atoms with Gasteiger partial charge in [0.25, 0.3) is 0 Å². The fourth-order valence-electron chi connectivity index (χ4n) is 3.14. The van der Waals surface area contributed by atoms with Crippen LogP contribution in [-0.4, -0.2) is 36.5 Å². The zero-order chi connectivity index (χ0) is 22.1. The Hall–Kier alpha value is 0.320. The quantitative estimate of drug-likeness (QED) is 0.100. The maximum absolute atomic E-state index is 6.33. The van der Waals surface area contributed by atoms with Crippen molar-refractivity contribution in [1.29, 1.82) is 0 Å². The molecule has 0 aliphatic carbocycles. The fourth-order valence-corrected chi connectivity index (χ4v) is 4.32. The zero-order valence-corrected chi connectivity index (χ0v) is 22.7. The minimum absolute atomic E-state index is 0.223. The topological polar surface area (TPSA) is 27.7 Å². The molecule has 0 aliphatic rings. The molecule has 0 rings (SSSR count). The molecule has 0 aliphatic heterocycles. The molecule has 0 saturated heterocycles. The molecule has 0 bridgehead atoms. The van der Waals surface area contributed by atoms with Crippen LogP contribution in [0.4, 0.5) is 0 Å². The molecule has 0 amide bonds. The largest absolute Gasteiger partial charge is 0.353 e. The molecule has 0 radical (unpaired) electrons. The van der Waals surface area contributed by atoms with Crippen molar-refractivity contribution in [3.05, 3.63) is 23.3 Å². The van der Waals surface area contributed by atoms with Gasteiger partial charge in [-0.15, -0.1) is 0 Å². The highest BCUT2D eigenvalue weighted by Crippen LogP contribution is 2.24. The summed E-state index contributed by atoms with van der Waals surface area (Å²) in [7, 11) is 0. The van der Waals surface area contributed by atoms with Crippen molar-refractivity contribution in [2.24, 2.45) is 11.8 Å². The molecule has 4 atom stereocenters. The summed E-state index contributed by atoms with van der Waals surface area (Å²) >= 11 is 7.35. The van der Waals surface area contributed by atoms with Crippen LogP contribution in [0.3, 0.4) is 0 Å². The SMILES string of the molecule is CCOC(CC(CBr)CCC=C(C)C)OC(CC(CBr)CCC=C(C)C)OCC. The van der Waals surface area contributed by atoms with Crippen LogP contribution >= 0.6 is 31.9 Å². The summed E-state index contributed by atoms with van der Waals surface area (Å²) in [6.45, 7) is 14.0. The standard InChI is InChI=1S/C24H44Br2O3/c1-7-27-23(15-21(17-25)13-9-11-19(3)4)29-24(28-8-2)16-22(18-26)14-10-12-20(5)6/h11-12,21-24H,7-10,13-18H2,1-6H3. The Kier molecular flexibility index (Phi) is 19.2. The highest BCUT2D eigenvalue weighted by Gasteiger charge is 2.23. The van der Waals surface area contributed by atoms with Crippen molar-refractivity contribution in [3.63, 3.8) is 0 Å². The minimum Gasteiger partial charge on any atom is -0.353 e. The summed E-state index contributed by atoms with van der Waals surface area (Å²) < 4.78 is 18.2. The van der Waals surface area contributed by atoms with Crippen LogP contribution in [0.25, 0.3) is 0 Å². The van der Waals surface area contributed by atoms with Gasteiger partial charge in [-0.2, -0.15) is 0 Å². The molecule has 0 aromatic carbocycles. The normalized spacial score (nSPS) is 15.4. The van der Waals surface area contributed by atoms with Crippen molar-refractivity contribution in [3.8, 4) is 0 Å². The predicted molar refractivity (Wildman–Crippen MR) is 133 cm³/mol. The Bertz CT molecular complexity index is 403. The molecule has 0 N–H and O–H groups in total. The van der Waals surface area contributed by atoms with Crippen molar-refractivity contribution in [1.82, 2.24) is 0 Å². The minimum atomic E-state index is -0.223. The second-order valence-electron chi connectivity index (χ2n) is 8.14. The molecule has 0 heterocycles. The predicted octanol–water partition coefficient (Wildman–Crippen LogP) is 8.02. The van der Waals surface area contributed by atoms with Crippen molar-refractivity contribution in [2.45, 2.75) is 92.6 Å². The lowest BCUT2D eigenvalue weighted by Gasteiger charge is -2.29. The van der Waals surface area contributed by atoms with E-state index in [1.807, 2.05) is 13.8 Å². The Balaban J connectivity index is 4.85. The third-order valence-electron chi connectivity index (χ3n) is 4.75. The first-order chi connectivity index (χ1) is 13.9. The number of ether oxygens (including phenoxy) is 3. The Morgan fingerprint density at radius 3 is 1.38 bits per heavy atom. The van der Waals surface area contributed by atoms with Gasteiger partial charge in [0, 0.05) is 36.7 Å². The van der Waals surface area contributed by atoms with E-state index in [4.69, 9.17) is 14.2 Å². The molecule has 4 unspecified atom stereocenters. The number of alkyl halides is 2. The van der Waals surface area contributed by atoms with E-state index in [9.17, 15) is 0 Å². The number of rotatable bonds is 18. The summed E-state index contributed by atoms with van der Waals surface area (Å²) in [5.41, 5.74) is 2.75. The molecule has 0 spiro atoms. The van der Waals surface area contributed by atoms with E-state index in [1.54, 1.807) is 0 Å². The Morgan fingerprint density at radius 2 is 1.10 bits per heavy atom. The number of halogens is 2. The molecular weight excluding hydrogens is 496 g/mol. The number of hydrogen-bond acceptors (Lipinski definition) is 3. The van der Waals surface area contributed by atoms with Crippen LogP contribution in [-0.2, 0) is 14.2 Å². The van der Waals surface area contributed by atoms with Gasteiger partial charge in [0.15, 0.2) is 12.6 Å². The fraction of sp³-hybridized carbons (Fsp3) is 0.833. The lowest BCUT2D eigenvalue weighted by molar-refractivity contribution is -0.252. The summed E-state index contributed by atoms with van der Waals surface area (Å²) in [6, 6.07) is 0. The van der Waals surface area contributed by atoms with E-state index >= 15 is 0 Å². The highest BCUT2D eigenvalue weighted by atomic mass is 79.9. The van der Waals surface area contributed by atoms with Gasteiger partial charge in [0.1, 0.15) is 0 Å². The van der Waals surface area contributed by atoms with Crippen molar-refractivity contribution in [2.75, 3.05) is 23.9 Å². The summed E-state index contributed by atoms with van der Waals surface area (Å²) in [5, 5.41) is 1.92. The van der Waals surface area contributed by atoms with Gasteiger partial charge >= 0.3 is 0 Å². The molecule has 3 nitrogen and oxygen atoms in total. The van der Waals surface area contributed by atoms with Gasteiger partial charge in [0.05, 0.1) is 0 Å². The summed E-state index contributed by atoms with van der Waals surface area (Å²) in [4.78, 5) is 0. The van der Waals surface area contributed by atoms with E-state index < -0.39 is 0 Å². The molecule has 0 fully saturated rings. The van der Waals surface area contributed by atoms with E-state index in [0.29, 0.717) is 25.0 Å².